The molecule has 82 valence electrons. The number of nitrogens with one attached hydrogen (secondary N) is 1. The quantitative estimate of drug-likeness (QED) is 0.414. The van der Waals surface area contributed by atoms with Crippen molar-refractivity contribution in [3.63, 3.8) is 0 Å². The molecule has 0 atom stereocenters. The number of halogens is 3. The molecule has 1 amide bonds. The summed E-state index contributed by atoms with van der Waals surface area (Å²) < 4.78 is 33.8. The van der Waals surface area contributed by atoms with Crippen LogP contribution in [0, 0.1) is 0 Å². The summed E-state index contributed by atoms with van der Waals surface area (Å²) in [7, 11) is 0. The van der Waals surface area contributed by atoms with Crippen molar-refractivity contribution in [3.8, 4) is 0 Å². The first-order valence-corrected chi connectivity index (χ1v) is 3.61. The number of hydrogen-bond donors (Lipinski definition) is 4. The van der Waals surface area contributed by atoms with Crippen molar-refractivity contribution in [2.24, 2.45) is 17.2 Å². The molecule has 0 saturated carbocycles. The van der Waals surface area contributed by atoms with Gasteiger partial charge in [0, 0.05) is 0 Å². The van der Waals surface area contributed by atoms with Crippen molar-refractivity contribution in [1.82, 2.24) is 5.32 Å². The van der Waals surface area contributed by atoms with E-state index in [1.54, 1.807) is 0 Å². The summed E-state index contributed by atoms with van der Waals surface area (Å²) in [5.74, 6) is -2.15. The topological polar surface area (TPSA) is 107 Å². The molecule has 0 spiro atoms. The van der Waals surface area contributed by atoms with Crippen LogP contribution in [0.5, 0.6) is 0 Å². The van der Waals surface area contributed by atoms with Crippen LogP contribution in [0.15, 0.2) is 0 Å². The fraction of sp³-hybridized carbons (Fsp3) is 0.250. The summed E-state index contributed by atoms with van der Waals surface area (Å²) in [6.07, 6.45) is -4.93. The molecule has 14 heavy (non-hydrogen) atoms. The van der Waals surface area contributed by atoms with Crippen LogP contribution in [0.2, 0.25) is 0 Å². The van der Waals surface area contributed by atoms with Crippen LogP contribution in [0.3, 0.4) is 0 Å². The second-order valence-electron chi connectivity index (χ2n) is 1.72. The lowest BCUT2D eigenvalue weighted by molar-refractivity contribution is -0.171. The van der Waals surface area contributed by atoms with Crippen LogP contribution in [0.25, 0.3) is 0 Å². The SMILES string of the molecule is NC(=S)NC(=O)C(F)(F)F.NC(N)=S. The van der Waals surface area contributed by atoms with E-state index in [1.165, 1.54) is 5.32 Å². The highest BCUT2D eigenvalue weighted by Gasteiger charge is 2.38. The molecule has 0 aromatic carbocycles. The number of carbonyl (C=O) groups excluding carboxylic acids is 1. The maximum absolute atomic E-state index is 11.3. The lowest BCUT2D eigenvalue weighted by atomic mass is 10.6. The van der Waals surface area contributed by atoms with E-state index in [2.05, 4.69) is 41.6 Å². The third-order valence-electron chi connectivity index (χ3n) is 0.494. The predicted octanol–water partition coefficient (Wildman–Crippen LogP) is -0.903. The molecule has 0 aromatic rings. The van der Waals surface area contributed by atoms with Crippen LogP contribution >= 0.6 is 24.4 Å². The number of nitrogens with two attached hydrogens (primary N) is 3. The summed E-state index contributed by atoms with van der Waals surface area (Å²) in [6.45, 7) is 0. The Morgan fingerprint density at radius 3 is 1.50 bits per heavy atom. The van der Waals surface area contributed by atoms with Crippen molar-refractivity contribution in [1.29, 1.82) is 0 Å². The second kappa shape index (κ2) is 6.32. The molecule has 0 aliphatic heterocycles. The van der Waals surface area contributed by atoms with E-state index in [-0.39, 0.29) is 5.11 Å². The molecular weight excluding hydrogens is 241 g/mol. The fourth-order valence-electron chi connectivity index (χ4n) is 0.183. The van der Waals surface area contributed by atoms with Gasteiger partial charge in [-0.1, -0.05) is 0 Å². The molecule has 0 saturated heterocycles. The largest absolute Gasteiger partial charge is 0.471 e. The molecule has 0 heterocycles. The molecule has 10 heteroatoms. The van der Waals surface area contributed by atoms with Crippen LogP contribution < -0.4 is 22.5 Å². The summed E-state index contributed by atoms with van der Waals surface area (Å²) in [5.41, 5.74) is 13.8. The Bertz CT molecular complexity index is 237. The van der Waals surface area contributed by atoms with E-state index < -0.39 is 17.2 Å². The number of carbonyl (C=O) groups is 1. The maximum atomic E-state index is 11.3. The minimum atomic E-state index is -4.93. The summed E-state index contributed by atoms with van der Waals surface area (Å²) in [5, 5.41) is 0.536. The van der Waals surface area contributed by atoms with Gasteiger partial charge in [-0.05, 0) is 24.4 Å². The van der Waals surface area contributed by atoms with Gasteiger partial charge in [0.25, 0.3) is 0 Å². The van der Waals surface area contributed by atoms with Crippen molar-refractivity contribution in [2.75, 3.05) is 0 Å². The molecule has 0 radical (unpaired) electrons. The Kier molecular flexibility index (Phi) is 6.91. The Hall–Kier alpha value is -1.16. The van der Waals surface area contributed by atoms with Gasteiger partial charge < -0.3 is 17.2 Å². The van der Waals surface area contributed by atoms with Crippen molar-refractivity contribution in [3.05, 3.63) is 0 Å². The number of hydrogen-bond acceptors (Lipinski definition) is 3. The highest BCUT2D eigenvalue weighted by Crippen LogP contribution is 2.13. The zero-order chi connectivity index (χ0) is 11.9. The van der Waals surface area contributed by atoms with Gasteiger partial charge in [-0.25, -0.2) is 0 Å². The molecule has 0 rings (SSSR count). The summed E-state index contributed by atoms with van der Waals surface area (Å²) >= 11 is 8.08. The Morgan fingerprint density at radius 2 is 1.43 bits per heavy atom. The van der Waals surface area contributed by atoms with E-state index >= 15 is 0 Å². The molecule has 0 bridgehead atoms. The number of thiocarbonyl (C=S) groups is 2. The highest BCUT2D eigenvalue weighted by atomic mass is 32.1. The van der Waals surface area contributed by atoms with E-state index in [0.717, 1.165) is 0 Å². The smallest absolute Gasteiger partial charge is 0.377 e. The summed E-state index contributed by atoms with van der Waals surface area (Å²) in [6, 6.07) is 0. The second-order valence-corrected chi connectivity index (χ2v) is 2.63. The van der Waals surface area contributed by atoms with Crippen molar-refractivity contribution >= 4 is 40.6 Å². The zero-order valence-corrected chi connectivity index (χ0v) is 8.22. The molecule has 0 fully saturated rings. The van der Waals surface area contributed by atoms with Crippen molar-refractivity contribution in [2.45, 2.75) is 6.18 Å². The van der Waals surface area contributed by atoms with E-state index in [9.17, 15) is 18.0 Å². The number of amides is 1. The molecule has 0 aliphatic carbocycles. The Morgan fingerprint density at radius 1 is 1.14 bits per heavy atom. The average Bonchev–Trinajstić information content (AvgIpc) is 1.81. The van der Waals surface area contributed by atoms with Crippen LogP contribution in [0.4, 0.5) is 13.2 Å². The first-order chi connectivity index (χ1) is 6.07. The van der Waals surface area contributed by atoms with Crippen LogP contribution in [-0.2, 0) is 4.79 Å². The molecule has 0 aromatic heterocycles. The normalized spacial score (nSPS) is 9.36. The first kappa shape index (κ1) is 15.3. The third-order valence-corrected chi connectivity index (χ3v) is 0.596. The van der Waals surface area contributed by atoms with Gasteiger partial charge in [0.1, 0.15) is 0 Å². The van der Waals surface area contributed by atoms with Crippen LogP contribution in [0.1, 0.15) is 0 Å². The van der Waals surface area contributed by atoms with Gasteiger partial charge in [-0.15, -0.1) is 0 Å². The Labute approximate surface area is 87.8 Å². The van der Waals surface area contributed by atoms with Crippen molar-refractivity contribution < 1.29 is 18.0 Å². The monoisotopic (exact) mass is 248 g/mol. The van der Waals surface area contributed by atoms with E-state index in [1.807, 2.05) is 0 Å². The van der Waals surface area contributed by atoms with Gasteiger partial charge in [0.15, 0.2) is 10.2 Å². The van der Waals surface area contributed by atoms with Gasteiger partial charge in [0.2, 0.25) is 0 Å². The number of alkyl halides is 3. The standard InChI is InChI=1S/C3H3F3N2OS.CH4N2S/c4-3(5,6)1(9)8-2(7)10;2-1(3)4/h(H3,7,8,9,10);(H4,2,3,4). The molecule has 7 N–H and O–H groups in total. The predicted molar refractivity (Wildman–Crippen MR) is 52.0 cm³/mol. The van der Waals surface area contributed by atoms with E-state index in [0.29, 0.717) is 0 Å². The first-order valence-electron chi connectivity index (χ1n) is 2.80. The molecule has 0 aliphatic rings. The maximum Gasteiger partial charge on any atom is 0.471 e. The summed E-state index contributed by atoms with van der Waals surface area (Å²) in [4.78, 5) is 9.87. The van der Waals surface area contributed by atoms with Gasteiger partial charge in [-0.2, -0.15) is 13.2 Å². The fourth-order valence-corrected chi connectivity index (χ4v) is 0.275. The van der Waals surface area contributed by atoms with Gasteiger partial charge in [0.05, 0.1) is 0 Å². The van der Waals surface area contributed by atoms with Crippen LogP contribution in [-0.4, -0.2) is 22.3 Å². The molecule has 0 unspecified atom stereocenters. The lowest BCUT2D eigenvalue weighted by Crippen LogP contribution is -2.43. The average molecular weight is 248 g/mol. The Balaban J connectivity index is 0. The minimum Gasteiger partial charge on any atom is -0.377 e. The molecular formula is C4H7F3N4OS2. The van der Waals surface area contributed by atoms with Gasteiger partial charge >= 0.3 is 12.1 Å². The highest BCUT2D eigenvalue weighted by molar-refractivity contribution is 7.80. The van der Waals surface area contributed by atoms with E-state index in [4.69, 9.17) is 0 Å². The lowest BCUT2D eigenvalue weighted by Gasteiger charge is -2.04. The zero-order valence-electron chi connectivity index (χ0n) is 6.59. The van der Waals surface area contributed by atoms with Gasteiger partial charge in [-0.3, -0.25) is 10.1 Å². The minimum absolute atomic E-state index is 0.000000000000000222. The molecule has 5 nitrogen and oxygen atoms in total. The number of rotatable bonds is 0. The third kappa shape index (κ3) is 13.4.